The Kier molecular flexibility index (Phi) is 34.1. The molecule has 0 aliphatic rings. The van der Waals surface area contributed by atoms with Crippen LogP contribution in [0.2, 0.25) is 0 Å². The van der Waals surface area contributed by atoms with Gasteiger partial charge in [0, 0.05) is 0 Å². The zero-order valence-electron chi connectivity index (χ0n) is 27.8. The van der Waals surface area contributed by atoms with Gasteiger partial charge in [-0.15, -0.1) is 0 Å². The van der Waals surface area contributed by atoms with Gasteiger partial charge in [0.2, 0.25) is 0 Å². The first-order valence-corrected chi connectivity index (χ1v) is 20.4. The first-order valence-electron chi connectivity index (χ1n) is 18.6. The Bertz CT molecular complexity index is 457. The molecule has 0 amide bonds. The Labute approximate surface area is 254 Å². The van der Waals surface area contributed by atoms with E-state index in [-0.39, 0.29) is 0 Å². The molecular weight excluding hydrogens is 511 g/mol. The monoisotopic (exact) mass is 588 g/mol. The Balaban J connectivity index is 3.26. The van der Waals surface area contributed by atoms with Gasteiger partial charge < -0.3 is 0 Å². The highest BCUT2D eigenvalue weighted by Crippen LogP contribution is 2.52. The van der Waals surface area contributed by atoms with Crippen molar-refractivity contribution in [1.82, 2.24) is 0 Å². The van der Waals surface area contributed by atoms with Gasteiger partial charge in [0.1, 0.15) is 6.16 Å². The van der Waals surface area contributed by atoms with Gasteiger partial charge in [0.05, 0.1) is 6.61 Å². The fraction of sp³-hybridized carbons (Fsp3) is 1.00. The minimum absolute atomic E-state index is 0.449. The molecule has 0 aliphatic heterocycles. The van der Waals surface area contributed by atoms with E-state index >= 15 is 0 Å². The molecule has 3 nitrogen and oxygen atoms in total. The maximum atomic E-state index is 10.2. The summed E-state index contributed by atoms with van der Waals surface area (Å²) < 4.78 is 5.50. The van der Waals surface area contributed by atoms with Crippen molar-refractivity contribution in [2.75, 3.05) is 12.8 Å². The molecule has 0 aromatic heterocycles. The van der Waals surface area contributed by atoms with Gasteiger partial charge in [-0.3, -0.25) is 0 Å². The third kappa shape index (κ3) is 34.5. The number of hydrogen-bond donors (Lipinski definition) is 2. The zero-order valence-corrected chi connectivity index (χ0v) is 28.7. The van der Waals surface area contributed by atoms with Crippen molar-refractivity contribution in [3.05, 3.63) is 0 Å². The highest BCUT2D eigenvalue weighted by Gasteiger charge is 2.34. The van der Waals surface area contributed by atoms with Crippen LogP contribution in [0.25, 0.3) is 0 Å². The Hall–Kier alpha value is 0.310. The van der Waals surface area contributed by atoms with Gasteiger partial charge >= 0.3 is 7.94 Å². The summed E-state index contributed by atoms with van der Waals surface area (Å²) in [5.74, 6) is 0. The Morgan fingerprint density at radius 3 is 0.825 bits per heavy atom. The van der Waals surface area contributed by atoms with Gasteiger partial charge in [-0.1, -0.05) is 200 Å². The van der Waals surface area contributed by atoms with Crippen LogP contribution in [0.1, 0.15) is 219 Å². The first kappa shape index (κ1) is 40.3. The van der Waals surface area contributed by atoms with E-state index < -0.39 is 7.94 Å². The molecule has 0 rings (SSSR count). The highest BCUT2D eigenvalue weighted by atomic mass is 31.2. The predicted octanol–water partition coefficient (Wildman–Crippen LogP) is 13.3. The molecule has 0 heterocycles. The summed E-state index contributed by atoms with van der Waals surface area (Å²) in [5, 5.41) is 0. The normalized spacial score (nSPS) is 12.0. The van der Waals surface area contributed by atoms with E-state index in [2.05, 4.69) is 13.8 Å². The maximum Gasteiger partial charge on any atom is 0.406 e. The lowest BCUT2D eigenvalue weighted by Gasteiger charge is -2.11. The number of hydrogen-bond acceptors (Lipinski definition) is 3. The minimum Gasteiger partial charge on any atom is -0.193 e. The molecular formula is C36H76O3P+. The molecule has 242 valence electrons. The molecule has 0 atom stereocenters. The smallest absolute Gasteiger partial charge is 0.193 e. The fourth-order valence-electron chi connectivity index (χ4n) is 5.79. The van der Waals surface area contributed by atoms with Crippen molar-refractivity contribution >= 4 is 7.94 Å². The molecule has 40 heavy (non-hydrogen) atoms. The fourth-order valence-corrected chi connectivity index (χ4v) is 6.98. The molecule has 0 saturated heterocycles. The van der Waals surface area contributed by atoms with Crippen LogP contribution in [0.15, 0.2) is 0 Å². The van der Waals surface area contributed by atoms with E-state index in [1.54, 1.807) is 0 Å². The van der Waals surface area contributed by atoms with E-state index in [1.165, 1.54) is 180 Å². The lowest BCUT2D eigenvalue weighted by molar-refractivity contribution is 0.222. The van der Waals surface area contributed by atoms with E-state index in [4.69, 9.17) is 4.52 Å². The van der Waals surface area contributed by atoms with Crippen LogP contribution in [0.5, 0.6) is 0 Å². The first-order chi connectivity index (χ1) is 19.6. The van der Waals surface area contributed by atoms with Crippen molar-refractivity contribution in [2.24, 2.45) is 0 Å². The molecule has 0 bridgehead atoms. The van der Waals surface area contributed by atoms with E-state index in [0.29, 0.717) is 12.8 Å². The quantitative estimate of drug-likeness (QED) is 0.0572. The van der Waals surface area contributed by atoms with Gasteiger partial charge in [-0.25, -0.2) is 0 Å². The third-order valence-corrected chi connectivity index (χ3v) is 10.1. The van der Waals surface area contributed by atoms with Gasteiger partial charge in [0.15, 0.2) is 0 Å². The third-order valence-electron chi connectivity index (χ3n) is 8.60. The summed E-state index contributed by atoms with van der Waals surface area (Å²) in [6, 6.07) is 0. The molecule has 4 heteroatoms. The molecule has 0 unspecified atom stereocenters. The topological polar surface area (TPSA) is 49.7 Å². The summed E-state index contributed by atoms with van der Waals surface area (Å²) >= 11 is 0. The molecule has 0 saturated carbocycles. The van der Waals surface area contributed by atoms with Crippen molar-refractivity contribution in [2.45, 2.75) is 219 Å². The van der Waals surface area contributed by atoms with Crippen LogP contribution in [-0.4, -0.2) is 22.6 Å². The Morgan fingerprint density at radius 1 is 0.325 bits per heavy atom. The molecule has 0 aliphatic carbocycles. The van der Waals surface area contributed by atoms with Crippen molar-refractivity contribution in [1.29, 1.82) is 0 Å². The lowest BCUT2D eigenvalue weighted by atomic mass is 10.0. The van der Waals surface area contributed by atoms with Gasteiger partial charge in [-0.05, 0) is 19.3 Å². The van der Waals surface area contributed by atoms with Crippen molar-refractivity contribution < 1.29 is 14.3 Å². The van der Waals surface area contributed by atoms with Gasteiger partial charge in [-0.2, -0.15) is 14.3 Å². The van der Waals surface area contributed by atoms with E-state index in [0.717, 1.165) is 25.7 Å². The molecule has 0 aromatic carbocycles. The molecule has 0 fully saturated rings. The molecule has 0 aromatic rings. The van der Waals surface area contributed by atoms with Crippen LogP contribution >= 0.6 is 7.94 Å². The molecule has 0 radical (unpaired) electrons. The lowest BCUT2D eigenvalue weighted by Crippen LogP contribution is -2.03. The minimum atomic E-state index is -3.12. The van der Waals surface area contributed by atoms with Crippen LogP contribution in [-0.2, 0) is 4.52 Å². The summed E-state index contributed by atoms with van der Waals surface area (Å²) in [6.07, 6.45) is 43.4. The molecule has 0 spiro atoms. The van der Waals surface area contributed by atoms with Crippen LogP contribution in [0.3, 0.4) is 0 Å². The second kappa shape index (κ2) is 33.8. The standard InChI is InChI=1S/C36H76O3P/c1-3-5-7-9-11-13-15-17-19-21-23-25-27-29-31-33-35-39-40(37,38)36-34-32-30-28-26-24-22-20-18-16-14-12-10-8-6-4-2/h37-38H,3-36H2,1-2H3/q+1. The second-order valence-corrected chi connectivity index (χ2v) is 14.9. The SMILES string of the molecule is CCCCCCCCCCCCCCCCCCO[P+](O)(O)CCCCCCCCCCCCCCCCCC. The predicted molar refractivity (Wildman–Crippen MR) is 181 cm³/mol. The average molecular weight is 588 g/mol. The highest BCUT2D eigenvalue weighted by molar-refractivity contribution is 7.59. The van der Waals surface area contributed by atoms with Crippen LogP contribution in [0.4, 0.5) is 0 Å². The number of rotatable bonds is 35. The maximum absolute atomic E-state index is 10.2. The average Bonchev–Trinajstić information content (AvgIpc) is 2.94. The summed E-state index contributed by atoms with van der Waals surface area (Å²) in [7, 11) is -3.12. The number of unbranched alkanes of at least 4 members (excludes halogenated alkanes) is 30. The summed E-state index contributed by atoms with van der Waals surface area (Å²) in [4.78, 5) is 20.4. The van der Waals surface area contributed by atoms with Crippen LogP contribution < -0.4 is 0 Å². The summed E-state index contributed by atoms with van der Waals surface area (Å²) in [6.45, 7) is 5.09. The van der Waals surface area contributed by atoms with E-state index in [1.807, 2.05) is 0 Å². The van der Waals surface area contributed by atoms with E-state index in [9.17, 15) is 9.79 Å². The molecule has 2 N–H and O–H groups in total. The van der Waals surface area contributed by atoms with Crippen LogP contribution in [0, 0.1) is 0 Å². The van der Waals surface area contributed by atoms with Gasteiger partial charge in [0.25, 0.3) is 0 Å². The van der Waals surface area contributed by atoms with Crippen molar-refractivity contribution in [3.8, 4) is 0 Å². The zero-order chi connectivity index (χ0) is 29.2. The van der Waals surface area contributed by atoms with Crippen molar-refractivity contribution in [3.63, 3.8) is 0 Å². The Morgan fingerprint density at radius 2 is 0.550 bits per heavy atom. The largest absolute Gasteiger partial charge is 0.406 e. The summed E-state index contributed by atoms with van der Waals surface area (Å²) in [5.41, 5.74) is 0. The second-order valence-electron chi connectivity index (χ2n) is 12.8.